The van der Waals surface area contributed by atoms with E-state index in [-0.39, 0.29) is 5.91 Å². The Bertz CT molecular complexity index is 173. The molecule has 12 heavy (non-hydrogen) atoms. The predicted octanol–water partition coefficient (Wildman–Crippen LogP) is -0.603. The first-order valence-corrected chi connectivity index (χ1v) is 5.82. The first-order valence-electron chi connectivity index (χ1n) is 3.77. The number of hydrogen-bond donors (Lipinski definition) is 2. The number of hydrogen-bond acceptors (Lipinski definition) is 3. The quantitative estimate of drug-likeness (QED) is 0.501. The molecule has 0 radical (unpaired) electrons. The first kappa shape index (κ1) is 11.1. The summed E-state index contributed by atoms with van der Waals surface area (Å²) in [5.74, 6) is -0.275. The van der Waals surface area contributed by atoms with E-state index in [0.29, 0.717) is 19.4 Å². The van der Waals surface area contributed by atoms with Gasteiger partial charge in [0.2, 0.25) is 5.91 Å². The van der Waals surface area contributed by atoms with Gasteiger partial charge in [-0.3, -0.25) is 4.79 Å². The highest BCUT2D eigenvalue weighted by Gasteiger charge is 2.25. The largest absolute Gasteiger partial charge is 0.465 e. The van der Waals surface area contributed by atoms with Crippen molar-refractivity contribution in [2.75, 3.05) is 6.54 Å². The molecule has 0 unspecified atom stereocenters. The minimum Gasteiger partial charge on any atom is -0.465 e. The second kappa shape index (κ2) is 5.73. The van der Waals surface area contributed by atoms with E-state index >= 15 is 0 Å². The molecular formula is C6H13NO4Si. The van der Waals surface area contributed by atoms with E-state index in [1.165, 1.54) is 0 Å². The Balaban J connectivity index is 0.000000354. The summed E-state index contributed by atoms with van der Waals surface area (Å²) in [4.78, 5) is 29.2. The topological polar surface area (TPSA) is 77.8 Å². The smallest absolute Gasteiger partial charge is 0.414 e. The number of imide groups is 1. The van der Waals surface area contributed by atoms with Crippen molar-refractivity contribution in [3.63, 3.8) is 0 Å². The van der Waals surface area contributed by atoms with Crippen molar-refractivity contribution < 1.29 is 19.5 Å². The normalized spacial score (nSPS) is 16.5. The molecular weight excluding hydrogens is 178 g/mol. The number of amides is 2. The third-order valence-corrected chi connectivity index (χ3v) is 1.30. The summed E-state index contributed by atoms with van der Waals surface area (Å²) in [7, 11) is -0.583. The van der Waals surface area contributed by atoms with Crippen LogP contribution in [-0.4, -0.2) is 43.1 Å². The van der Waals surface area contributed by atoms with E-state index in [4.69, 9.17) is 9.90 Å². The maximum atomic E-state index is 10.6. The molecule has 1 aliphatic heterocycles. The Labute approximate surface area is 72.9 Å². The van der Waals surface area contributed by atoms with Gasteiger partial charge in [-0.05, 0) is 6.42 Å². The van der Waals surface area contributed by atoms with Crippen LogP contribution in [0.15, 0.2) is 0 Å². The molecule has 0 aromatic heterocycles. The van der Waals surface area contributed by atoms with Crippen LogP contribution in [0.3, 0.4) is 0 Å². The van der Waals surface area contributed by atoms with Crippen LogP contribution in [0.5, 0.6) is 0 Å². The first-order chi connectivity index (χ1) is 5.63. The second-order valence-electron chi connectivity index (χ2n) is 2.25. The molecule has 0 aromatic carbocycles. The van der Waals surface area contributed by atoms with E-state index in [9.17, 15) is 9.59 Å². The third kappa shape index (κ3) is 3.49. The van der Waals surface area contributed by atoms with Crippen molar-refractivity contribution in [2.24, 2.45) is 0 Å². The lowest BCUT2D eigenvalue weighted by Crippen LogP contribution is -2.29. The summed E-state index contributed by atoms with van der Waals surface area (Å²) in [6.07, 6.45) is -0.0743. The van der Waals surface area contributed by atoms with Gasteiger partial charge >= 0.3 is 6.09 Å². The average molecular weight is 191 g/mol. The monoisotopic (exact) mass is 191 g/mol. The lowest BCUT2D eigenvalue weighted by atomic mass is 10.4. The number of likely N-dealkylation sites (tertiary alicyclic amines) is 1. The van der Waals surface area contributed by atoms with Gasteiger partial charge in [-0.25, -0.2) is 9.69 Å². The summed E-state index contributed by atoms with van der Waals surface area (Å²) in [6, 6.07) is 0. The van der Waals surface area contributed by atoms with E-state index in [2.05, 4.69) is 0 Å². The van der Waals surface area contributed by atoms with Gasteiger partial charge in [0.25, 0.3) is 0 Å². The lowest BCUT2D eigenvalue weighted by molar-refractivity contribution is -0.125. The highest BCUT2D eigenvalue weighted by atomic mass is 28.2. The predicted molar refractivity (Wildman–Crippen MR) is 45.6 cm³/mol. The number of nitrogens with zero attached hydrogens (tertiary/aromatic N) is 1. The molecule has 2 amide bonds. The molecule has 5 nitrogen and oxygen atoms in total. The van der Waals surface area contributed by atoms with Crippen LogP contribution < -0.4 is 0 Å². The Kier molecular flexibility index (Phi) is 5.31. The van der Waals surface area contributed by atoms with Gasteiger partial charge in [-0.15, -0.1) is 0 Å². The van der Waals surface area contributed by atoms with Gasteiger partial charge in [0.1, 0.15) is 0 Å². The van der Waals surface area contributed by atoms with Crippen LogP contribution in [0.25, 0.3) is 0 Å². The highest BCUT2D eigenvalue weighted by Crippen LogP contribution is 2.08. The van der Waals surface area contributed by atoms with Gasteiger partial charge in [-0.2, -0.15) is 0 Å². The maximum absolute atomic E-state index is 10.6. The molecule has 2 N–H and O–H groups in total. The molecule has 0 saturated carbocycles. The van der Waals surface area contributed by atoms with Crippen LogP contribution in [0, 0.1) is 0 Å². The Morgan fingerprint density at radius 2 is 2.17 bits per heavy atom. The van der Waals surface area contributed by atoms with E-state index < -0.39 is 15.9 Å². The van der Waals surface area contributed by atoms with E-state index in [0.717, 1.165) is 4.90 Å². The van der Waals surface area contributed by atoms with Crippen molar-refractivity contribution in [2.45, 2.75) is 19.4 Å². The average Bonchev–Trinajstić information content (AvgIpc) is 2.36. The number of carbonyl (C=O) groups is 2. The van der Waals surface area contributed by atoms with Gasteiger partial charge in [-0.1, -0.05) is 6.55 Å². The lowest BCUT2D eigenvalue weighted by Gasteiger charge is -2.05. The van der Waals surface area contributed by atoms with Gasteiger partial charge in [0.05, 0.1) is 0 Å². The molecule has 1 heterocycles. The third-order valence-electron chi connectivity index (χ3n) is 1.30. The fourth-order valence-corrected chi connectivity index (χ4v) is 0.850. The molecule has 0 atom stereocenters. The molecule has 0 aliphatic carbocycles. The molecule has 0 spiro atoms. The van der Waals surface area contributed by atoms with Gasteiger partial charge < -0.3 is 9.90 Å². The second-order valence-corrected chi connectivity index (χ2v) is 2.88. The summed E-state index contributed by atoms with van der Waals surface area (Å²) < 4.78 is 0. The Morgan fingerprint density at radius 3 is 2.33 bits per heavy atom. The highest BCUT2D eigenvalue weighted by molar-refractivity contribution is 6.22. The minimum atomic E-state index is -1.13. The summed E-state index contributed by atoms with van der Waals surface area (Å²) in [6.45, 7) is 2.19. The molecule has 0 bridgehead atoms. The molecule has 0 aromatic rings. The molecule has 1 aliphatic rings. The van der Waals surface area contributed by atoms with Crippen LogP contribution in [0.2, 0.25) is 6.55 Å². The minimum absolute atomic E-state index is 0.275. The van der Waals surface area contributed by atoms with Crippen molar-refractivity contribution in [3.05, 3.63) is 0 Å². The molecule has 6 heteroatoms. The number of carbonyl (C=O) groups excluding carboxylic acids is 1. The molecule has 1 fully saturated rings. The molecule has 1 saturated heterocycles. The van der Waals surface area contributed by atoms with Gasteiger partial charge in [0.15, 0.2) is 9.76 Å². The van der Waals surface area contributed by atoms with Gasteiger partial charge in [0, 0.05) is 13.0 Å². The van der Waals surface area contributed by atoms with Crippen molar-refractivity contribution in [1.29, 1.82) is 0 Å². The summed E-state index contributed by atoms with van der Waals surface area (Å²) >= 11 is 0. The standard InChI is InChI=1S/C5H7NO3.CH6OSi/c7-4-2-1-3-6(4)5(8)9;1-3-2/h1-3H2,(H,8,9);2H,3H2,1H3. The zero-order chi connectivity index (χ0) is 9.56. The summed E-state index contributed by atoms with van der Waals surface area (Å²) in [5, 5.41) is 8.29. The van der Waals surface area contributed by atoms with Crippen LogP contribution in [-0.2, 0) is 4.79 Å². The summed E-state index contributed by atoms with van der Waals surface area (Å²) in [5.41, 5.74) is 0. The van der Waals surface area contributed by atoms with Crippen molar-refractivity contribution >= 4 is 21.8 Å². The van der Waals surface area contributed by atoms with Crippen LogP contribution in [0.1, 0.15) is 12.8 Å². The van der Waals surface area contributed by atoms with E-state index in [1.54, 1.807) is 0 Å². The van der Waals surface area contributed by atoms with Crippen molar-refractivity contribution in [1.82, 2.24) is 4.90 Å². The maximum Gasteiger partial charge on any atom is 0.414 e. The Morgan fingerprint density at radius 1 is 1.67 bits per heavy atom. The molecule has 70 valence electrons. The number of carboxylic acid groups (broad SMARTS) is 1. The van der Waals surface area contributed by atoms with Crippen LogP contribution in [0.4, 0.5) is 4.79 Å². The number of rotatable bonds is 0. The van der Waals surface area contributed by atoms with Crippen LogP contribution >= 0.6 is 0 Å². The van der Waals surface area contributed by atoms with E-state index in [1.807, 2.05) is 6.55 Å². The zero-order valence-electron chi connectivity index (χ0n) is 6.99. The fourth-order valence-electron chi connectivity index (χ4n) is 0.850. The fraction of sp³-hybridized carbons (Fsp3) is 0.667. The zero-order valence-corrected chi connectivity index (χ0v) is 8.40. The SMILES string of the molecule is C[SiH2]O.O=C(O)N1CCCC1=O. The van der Waals surface area contributed by atoms with Crippen molar-refractivity contribution in [3.8, 4) is 0 Å². The Hall–Kier alpha value is -0.883. The molecule has 1 rings (SSSR count).